The molecule has 0 bridgehead atoms. The van der Waals surface area contributed by atoms with Crippen LogP contribution in [0, 0.1) is 0 Å². The first-order chi connectivity index (χ1) is 10.8. The van der Waals surface area contributed by atoms with Gasteiger partial charge in [0.15, 0.2) is 6.29 Å². The third-order valence-electron chi connectivity index (χ3n) is 4.46. The Labute approximate surface area is 133 Å². The normalized spacial score (nSPS) is 24.5. The molecule has 2 heteroatoms. The van der Waals surface area contributed by atoms with E-state index in [9.17, 15) is 0 Å². The van der Waals surface area contributed by atoms with Crippen molar-refractivity contribution < 1.29 is 9.47 Å². The van der Waals surface area contributed by atoms with Gasteiger partial charge in [0, 0.05) is 13.0 Å². The summed E-state index contributed by atoms with van der Waals surface area (Å²) in [6.07, 6.45) is 3.53. The molecule has 1 aliphatic heterocycles. The van der Waals surface area contributed by atoms with E-state index in [2.05, 4.69) is 55.5 Å². The van der Waals surface area contributed by atoms with Crippen LogP contribution in [0.15, 0.2) is 54.6 Å². The van der Waals surface area contributed by atoms with Crippen molar-refractivity contribution in [2.45, 2.75) is 44.5 Å². The van der Waals surface area contributed by atoms with E-state index in [-0.39, 0.29) is 6.29 Å². The van der Waals surface area contributed by atoms with Crippen molar-refractivity contribution in [1.82, 2.24) is 0 Å². The van der Waals surface area contributed by atoms with Crippen molar-refractivity contribution in [2.24, 2.45) is 0 Å². The van der Waals surface area contributed by atoms with Gasteiger partial charge in [0.25, 0.3) is 0 Å². The van der Waals surface area contributed by atoms with Gasteiger partial charge in [-0.2, -0.15) is 0 Å². The van der Waals surface area contributed by atoms with Crippen LogP contribution in [0.3, 0.4) is 0 Å². The van der Waals surface area contributed by atoms with Gasteiger partial charge in [0.05, 0.1) is 6.10 Å². The Balaban J connectivity index is 1.77. The fourth-order valence-corrected chi connectivity index (χ4v) is 3.31. The molecule has 116 valence electrons. The molecular weight excluding hydrogens is 272 g/mol. The lowest BCUT2D eigenvalue weighted by molar-refractivity contribution is -0.122. The van der Waals surface area contributed by atoms with Gasteiger partial charge in [-0.1, -0.05) is 67.9 Å². The van der Waals surface area contributed by atoms with Crippen LogP contribution in [-0.4, -0.2) is 19.5 Å². The summed E-state index contributed by atoms with van der Waals surface area (Å²) in [5.74, 6) is 0.339. The van der Waals surface area contributed by atoms with E-state index in [0.717, 1.165) is 19.3 Å². The maximum absolute atomic E-state index is 6.01. The summed E-state index contributed by atoms with van der Waals surface area (Å²) >= 11 is 0. The Hall–Kier alpha value is -1.64. The summed E-state index contributed by atoms with van der Waals surface area (Å²) in [5.41, 5.74) is 3.82. The molecule has 3 unspecified atom stereocenters. The largest absolute Gasteiger partial charge is 0.355 e. The van der Waals surface area contributed by atoms with Gasteiger partial charge in [0.1, 0.15) is 0 Å². The molecule has 2 aromatic carbocycles. The first kappa shape index (κ1) is 15.3. The fraction of sp³-hybridized carbons (Fsp3) is 0.400. The summed E-state index contributed by atoms with van der Waals surface area (Å²) in [7, 11) is 1.74. The van der Waals surface area contributed by atoms with E-state index >= 15 is 0 Å². The van der Waals surface area contributed by atoms with Crippen LogP contribution in [0.1, 0.15) is 37.7 Å². The third kappa shape index (κ3) is 3.23. The molecule has 2 aromatic rings. The maximum atomic E-state index is 6.01. The number of rotatable bonds is 5. The lowest BCUT2D eigenvalue weighted by atomic mass is 9.92. The predicted molar refractivity (Wildman–Crippen MR) is 89.8 cm³/mol. The zero-order valence-electron chi connectivity index (χ0n) is 13.4. The first-order valence-corrected chi connectivity index (χ1v) is 8.15. The predicted octanol–water partition coefficient (Wildman–Crippen LogP) is 5.00. The summed E-state index contributed by atoms with van der Waals surface area (Å²) in [4.78, 5) is 0. The van der Waals surface area contributed by atoms with Crippen LogP contribution in [-0.2, 0) is 9.47 Å². The zero-order valence-corrected chi connectivity index (χ0v) is 13.4. The number of hydrogen-bond donors (Lipinski definition) is 0. The third-order valence-corrected chi connectivity index (χ3v) is 4.46. The molecule has 22 heavy (non-hydrogen) atoms. The van der Waals surface area contributed by atoms with Gasteiger partial charge in [-0.05, 0) is 29.5 Å². The molecular formula is C20H24O2. The highest BCUT2D eigenvalue weighted by atomic mass is 16.7. The average molecular weight is 296 g/mol. The molecule has 3 rings (SSSR count). The number of benzene rings is 2. The molecule has 1 aliphatic rings. The maximum Gasteiger partial charge on any atom is 0.164 e. The van der Waals surface area contributed by atoms with Crippen LogP contribution >= 0.6 is 0 Å². The monoisotopic (exact) mass is 296 g/mol. The van der Waals surface area contributed by atoms with Crippen molar-refractivity contribution in [3.8, 4) is 11.1 Å². The summed E-state index contributed by atoms with van der Waals surface area (Å²) in [5, 5.41) is 0. The zero-order chi connectivity index (χ0) is 15.4. The Morgan fingerprint density at radius 2 is 1.68 bits per heavy atom. The molecule has 0 radical (unpaired) electrons. The SMILES string of the molecule is CCCC1CC(c2ccc(-c3ccccc3)cc2)C(OC)O1. The van der Waals surface area contributed by atoms with E-state index in [1.165, 1.54) is 16.7 Å². The molecule has 0 amide bonds. The number of methoxy groups -OCH3 is 1. The summed E-state index contributed by atoms with van der Waals surface area (Å²) < 4.78 is 11.6. The minimum atomic E-state index is -0.112. The van der Waals surface area contributed by atoms with E-state index in [4.69, 9.17) is 9.47 Å². The standard InChI is InChI=1S/C20H24O2/c1-3-7-18-14-19(20(21-2)22-18)17-12-10-16(11-13-17)15-8-5-4-6-9-15/h4-6,8-13,18-20H,3,7,14H2,1-2H3. The highest BCUT2D eigenvalue weighted by molar-refractivity contribution is 5.63. The molecule has 0 N–H and O–H groups in total. The first-order valence-electron chi connectivity index (χ1n) is 8.15. The van der Waals surface area contributed by atoms with Crippen LogP contribution in [0.4, 0.5) is 0 Å². The van der Waals surface area contributed by atoms with Crippen molar-refractivity contribution in [2.75, 3.05) is 7.11 Å². The molecule has 0 spiro atoms. The summed E-state index contributed by atoms with van der Waals surface area (Å²) in [6, 6.07) is 19.3. The van der Waals surface area contributed by atoms with Crippen molar-refractivity contribution in [3.05, 3.63) is 60.2 Å². The Morgan fingerprint density at radius 1 is 1.00 bits per heavy atom. The lowest BCUT2D eigenvalue weighted by Crippen LogP contribution is -2.17. The molecule has 1 heterocycles. The molecule has 0 aromatic heterocycles. The van der Waals surface area contributed by atoms with E-state index < -0.39 is 0 Å². The number of hydrogen-bond acceptors (Lipinski definition) is 2. The van der Waals surface area contributed by atoms with E-state index in [1.54, 1.807) is 7.11 Å². The number of ether oxygens (including phenoxy) is 2. The molecule has 3 atom stereocenters. The second-order valence-corrected chi connectivity index (χ2v) is 5.98. The molecule has 0 saturated carbocycles. The van der Waals surface area contributed by atoms with Crippen LogP contribution in [0.5, 0.6) is 0 Å². The van der Waals surface area contributed by atoms with Crippen molar-refractivity contribution in [3.63, 3.8) is 0 Å². The van der Waals surface area contributed by atoms with E-state index in [1.807, 2.05) is 6.07 Å². The van der Waals surface area contributed by atoms with Gasteiger partial charge in [-0.15, -0.1) is 0 Å². The molecule has 2 nitrogen and oxygen atoms in total. The van der Waals surface area contributed by atoms with E-state index in [0.29, 0.717) is 12.0 Å². The minimum absolute atomic E-state index is 0.112. The van der Waals surface area contributed by atoms with Gasteiger partial charge >= 0.3 is 0 Å². The fourth-order valence-electron chi connectivity index (χ4n) is 3.31. The molecule has 1 fully saturated rings. The molecule has 1 saturated heterocycles. The van der Waals surface area contributed by atoms with Crippen molar-refractivity contribution in [1.29, 1.82) is 0 Å². The van der Waals surface area contributed by atoms with Gasteiger partial charge in [0.2, 0.25) is 0 Å². The minimum Gasteiger partial charge on any atom is -0.355 e. The van der Waals surface area contributed by atoms with Gasteiger partial charge in [-0.3, -0.25) is 0 Å². The topological polar surface area (TPSA) is 18.5 Å². The van der Waals surface area contributed by atoms with Crippen LogP contribution in [0.2, 0.25) is 0 Å². The molecule has 0 aliphatic carbocycles. The average Bonchev–Trinajstić information content (AvgIpc) is 2.99. The Bertz CT molecular complexity index is 576. The van der Waals surface area contributed by atoms with Gasteiger partial charge < -0.3 is 9.47 Å². The quantitative estimate of drug-likeness (QED) is 0.773. The second kappa shape index (κ2) is 7.08. The van der Waals surface area contributed by atoms with Crippen molar-refractivity contribution >= 4 is 0 Å². The lowest BCUT2D eigenvalue weighted by Gasteiger charge is -2.17. The Kier molecular flexibility index (Phi) is 4.91. The summed E-state index contributed by atoms with van der Waals surface area (Å²) in [6.45, 7) is 2.20. The highest BCUT2D eigenvalue weighted by Gasteiger charge is 2.35. The van der Waals surface area contributed by atoms with Crippen LogP contribution < -0.4 is 0 Å². The second-order valence-electron chi connectivity index (χ2n) is 5.98. The van der Waals surface area contributed by atoms with Crippen LogP contribution in [0.25, 0.3) is 11.1 Å². The Morgan fingerprint density at radius 3 is 2.32 bits per heavy atom. The smallest absolute Gasteiger partial charge is 0.164 e. The van der Waals surface area contributed by atoms with Gasteiger partial charge in [-0.25, -0.2) is 0 Å². The highest BCUT2D eigenvalue weighted by Crippen LogP contribution is 2.37.